The Morgan fingerprint density at radius 3 is 2.61 bits per heavy atom. The van der Waals surface area contributed by atoms with E-state index in [9.17, 15) is 9.59 Å². The number of ether oxygens (including phenoxy) is 1. The number of Topliss-reactive ketones (excluding diaryl/α,β-unsaturated/α-hetero) is 1. The van der Waals surface area contributed by atoms with E-state index < -0.39 is 11.7 Å². The predicted octanol–water partition coefficient (Wildman–Crippen LogP) is 3.35. The second kappa shape index (κ2) is 6.33. The van der Waals surface area contributed by atoms with E-state index in [1.165, 1.54) is 11.3 Å². The highest BCUT2D eigenvalue weighted by molar-refractivity contribution is 9.09. The molecule has 100 valence electrons. The molecule has 1 aromatic rings. The number of halogens is 1. The summed E-state index contributed by atoms with van der Waals surface area (Å²) < 4.78 is 5.12. The number of alkyl halides is 1. The number of thiophene rings is 1. The van der Waals surface area contributed by atoms with Crippen molar-refractivity contribution >= 4 is 39.1 Å². The number of amides is 1. The summed E-state index contributed by atoms with van der Waals surface area (Å²) in [7, 11) is 0. The first-order valence-electron chi connectivity index (χ1n) is 5.46. The first-order valence-corrected chi connectivity index (χ1v) is 7.40. The van der Waals surface area contributed by atoms with Gasteiger partial charge in [-0.05, 0) is 32.9 Å². The summed E-state index contributed by atoms with van der Waals surface area (Å²) in [6, 6.07) is 3.60. The molecule has 1 amide bonds. The largest absolute Gasteiger partial charge is 0.444 e. The van der Waals surface area contributed by atoms with Gasteiger partial charge in [-0.1, -0.05) is 15.9 Å². The average Bonchev–Trinajstić information content (AvgIpc) is 2.71. The molecule has 0 saturated heterocycles. The van der Waals surface area contributed by atoms with Crippen LogP contribution in [0.15, 0.2) is 12.1 Å². The molecule has 0 aliphatic carbocycles. The first-order chi connectivity index (χ1) is 8.31. The molecule has 0 atom stereocenters. The third-order valence-corrected chi connectivity index (χ3v) is 3.50. The summed E-state index contributed by atoms with van der Waals surface area (Å²) in [5.41, 5.74) is -0.503. The summed E-state index contributed by atoms with van der Waals surface area (Å²) in [5.74, 6) is 0.0449. The molecule has 1 N–H and O–H groups in total. The van der Waals surface area contributed by atoms with Crippen LogP contribution in [0.25, 0.3) is 0 Å². The molecule has 1 rings (SSSR count). The van der Waals surface area contributed by atoms with Crippen LogP contribution >= 0.6 is 27.3 Å². The standard InChI is InChI=1S/C12H16BrNO3S/c1-12(2,3)17-11(16)14-7-8-4-5-10(18-8)9(15)6-13/h4-5H,6-7H2,1-3H3,(H,14,16). The molecule has 0 fully saturated rings. The number of ketones is 1. The minimum atomic E-state index is -0.503. The van der Waals surface area contributed by atoms with E-state index in [4.69, 9.17) is 4.74 Å². The summed E-state index contributed by atoms with van der Waals surface area (Å²) in [6.45, 7) is 5.80. The van der Waals surface area contributed by atoms with Crippen molar-refractivity contribution in [2.24, 2.45) is 0 Å². The summed E-state index contributed by atoms with van der Waals surface area (Å²) in [5, 5.41) is 2.96. The summed E-state index contributed by atoms with van der Waals surface area (Å²) in [6.07, 6.45) is -0.454. The van der Waals surface area contributed by atoms with Crippen LogP contribution in [0.1, 0.15) is 35.3 Å². The maximum atomic E-state index is 11.4. The van der Waals surface area contributed by atoms with Gasteiger partial charge in [0.15, 0.2) is 5.78 Å². The Morgan fingerprint density at radius 2 is 2.06 bits per heavy atom. The van der Waals surface area contributed by atoms with Crippen molar-refractivity contribution in [1.82, 2.24) is 5.32 Å². The maximum absolute atomic E-state index is 11.4. The van der Waals surface area contributed by atoms with Crippen LogP contribution in [0.3, 0.4) is 0 Å². The monoisotopic (exact) mass is 333 g/mol. The Bertz CT molecular complexity index is 437. The molecule has 4 nitrogen and oxygen atoms in total. The molecule has 0 unspecified atom stereocenters. The molecule has 0 aliphatic rings. The quantitative estimate of drug-likeness (QED) is 0.679. The molecule has 1 heterocycles. The highest BCUT2D eigenvalue weighted by atomic mass is 79.9. The molecule has 0 bridgehead atoms. The van der Waals surface area contributed by atoms with Crippen LogP contribution in [0.5, 0.6) is 0 Å². The average molecular weight is 334 g/mol. The number of carbonyl (C=O) groups excluding carboxylic acids is 2. The van der Waals surface area contributed by atoms with Gasteiger partial charge >= 0.3 is 6.09 Å². The zero-order chi connectivity index (χ0) is 13.8. The van der Waals surface area contributed by atoms with Crippen molar-refractivity contribution in [3.05, 3.63) is 21.9 Å². The van der Waals surface area contributed by atoms with E-state index in [1.54, 1.807) is 6.07 Å². The summed E-state index contributed by atoms with van der Waals surface area (Å²) in [4.78, 5) is 24.4. The van der Waals surface area contributed by atoms with Gasteiger partial charge in [0, 0.05) is 4.88 Å². The zero-order valence-electron chi connectivity index (χ0n) is 10.6. The zero-order valence-corrected chi connectivity index (χ0v) is 13.0. The Balaban J connectivity index is 2.47. The van der Waals surface area contributed by atoms with E-state index in [1.807, 2.05) is 26.8 Å². The number of hydrogen-bond donors (Lipinski definition) is 1. The number of nitrogens with one attached hydrogen (secondary N) is 1. The van der Waals surface area contributed by atoms with Gasteiger partial charge in [-0.2, -0.15) is 0 Å². The van der Waals surface area contributed by atoms with E-state index >= 15 is 0 Å². The fourth-order valence-corrected chi connectivity index (χ4v) is 2.53. The van der Waals surface area contributed by atoms with E-state index in [2.05, 4.69) is 21.2 Å². The topological polar surface area (TPSA) is 55.4 Å². The Labute approximate surface area is 119 Å². The molecule has 6 heteroatoms. The van der Waals surface area contributed by atoms with Crippen LogP contribution in [0.4, 0.5) is 4.79 Å². The van der Waals surface area contributed by atoms with Crippen molar-refractivity contribution in [2.45, 2.75) is 32.9 Å². The van der Waals surface area contributed by atoms with Gasteiger partial charge in [0.05, 0.1) is 16.8 Å². The minimum Gasteiger partial charge on any atom is -0.444 e. The second-order valence-electron chi connectivity index (χ2n) is 4.68. The van der Waals surface area contributed by atoms with Gasteiger partial charge in [0.2, 0.25) is 0 Å². The van der Waals surface area contributed by atoms with Gasteiger partial charge in [-0.25, -0.2) is 4.79 Å². The number of alkyl carbamates (subject to hydrolysis) is 1. The lowest BCUT2D eigenvalue weighted by molar-refractivity contribution is 0.0524. The number of carbonyl (C=O) groups is 2. The lowest BCUT2D eigenvalue weighted by atomic mass is 10.2. The first kappa shape index (κ1) is 15.2. The number of rotatable bonds is 4. The maximum Gasteiger partial charge on any atom is 0.407 e. The molecule has 1 aromatic heterocycles. The summed E-state index contributed by atoms with van der Waals surface area (Å²) >= 11 is 4.50. The third kappa shape index (κ3) is 5.18. The van der Waals surface area contributed by atoms with Crippen molar-refractivity contribution in [2.75, 3.05) is 5.33 Å². The molecule has 18 heavy (non-hydrogen) atoms. The van der Waals surface area contributed by atoms with Crippen LogP contribution in [0.2, 0.25) is 0 Å². The fourth-order valence-electron chi connectivity index (χ4n) is 1.16. The molecular weight excluding hydrogens is 318 g/mol. The van der Waals surface area contributed by atoms with Crippen molar-refractivity contribution < 1.29 is 14.3 Å². The third-order valence-electron chi connectivity index (χ3n) is 1.86. The van der Waals surface area contributed by atoms with Crippen molar-refractivity contribution in [3.8, 4) is 0 Å². The SMILES string of the molecule is CC(C)(C)OC(=O)NCc1ccc(C(=O)CBr)s1. The lowest BCUT2D eigenvalue weighted by Crippen LogP contribution is -2.31. The minimum absolute atomic E-state index is 0.0449. The van der Waals surface area contributed by atoms with Crippen molar-refractivity contribution in [3.63, 3.8) is 0 Å². The molecule has 0 spiro atoms. The van der Waals surface area contributed by atoms with Crippen LogP contribution < -0.4 is 5.32 Å². The molecular formula is C12H16BrNO3S. The van der Waals surface area contributed by atoms with Gasteiger partial charge in [0.25, 0.3) is 0 Å². The normalized spacial score (nSPS) is 11.1. The fraction of sp³-hybridized carbons (Fsp3) is 0.500. The molecule has 0 aliphatic heterocycles. The van der Waals surface area contributed by atoms with Gasteiger partial charge in [-0.3, -0.25) is 4.79 Å². The van der Waals surface area contributed by atoms with E-state index in [0.29, 0.717) is 16.8 Å². The molecule has 0 aromatic carbocycles. The second-order valence-corrected chi connectivity index (χ2v) is 6.41. The van der Waals surface area contributed by atoms with Gasteiger partial charge in [-0.15, -0.1) is 11.3 Å². The lowest BCUT2D eigenvalue weighted by Gasteiger charge is -2.19. The molecule has 0 radical (unpaired) electrons. The highest BCUT2D eigenvalue weighted by Gasteiger charge is 2.16. The number of hydrogen-bond acceptors (Lipinski definition) is 4. The molecule has 0 saturated carbocycles. The van der Waals surface area contributed by atoms with E-state index in [0.717, 1.165) is 4.88 Å². The van der Waals surface area contributed by atoms with Crippen LogP contribution in [-0.4, -0.2) is 22.8 Å². The Morgan fingerprint density at radius 1 is 1.39 bits per heavy atom. The van der Waals surface area contributed by atoms with Gasteiger partial charge in [0.1, 0.15) is 5.60 Å². The Kier molecular flexibility index (Phi) is 5.34. The predicted molar refractivity (Wildman–Crippen MR) is 75.5 cm³/mol. The van der Waals surface area contributed by atoms with E-state index in [-0.39, 0.29) is 5.78 Å². The Hall–Kier alpha value is -0.880. The van der Waals surface area contributed by atoms with Gasteiger partial charge < -0.3 is 10.1 Å². The van der Waals surface area contributed by atoms with Crippen molar-refractivity contribution in [1.29, 1.82) is 0 Å². The van der Waals surface area contributed by atoms with Crippen LogP contribution in [0, 0.1) is 0 Å². The van der Waals surface area contributed by atoms with Crippen LogP contribution in [-0.2, 0) is 11.3 Å². The highest BCUT2D eigenvalue weighted by Crippen LogP contribution is 2.17. The smallest absolute Gasteiger partial charge is 0.407 e.